The van der Waals surface area contributed by atoms with E-state index in [0.717, 1.165) is 0 Å². The lowest BCUT2D eigenvalue weighted by molar-refractivity contribution is 0.291. The lowest BCUT2D eigenvalue weighted by atomic mass is 9.82. The van der Waals surface area contributed by atoms with Crippen LogP contribution < -0.4 is 21.3 Å². The first kappa shape index (κ1) is 44.3. The van der Waals surface area contributed by atoms with Crippen LogP contribution in [0.15, 0.2) is 48.6 Å². The maximum Gasteiger partial charge on any atom is 0.165 e. The zero-order valence-corrected chi connectivity index (χ0v) is 32.4. The van der Waals surface area contributed by atoms with Crippen molar-refractivity contribution in [3.8, 4) is 0 Å². The van der Waals surface area contributed by atoms with Crippen molar-refractivity contribution >= 4 is 0 Å². The van der Waals surface area contributed by atoms with E-state index in [-0.39, 0.29) is 49.9 Å². The second kappa shape index (κ2) is 16.5. The minimum atomic E-state index is -1.87. The molecule has 3 fully saturated rings. The van der Waals surface area contributed by atoms with E-state index in [4.69, 9.17) is 0 Å². The fraction of sp³-hybridized carbons (Fsp3) is 0.364. The monoisotopic (exact) mass is 920 g/mol. The predicted molar refractivity (Wildman–Crippen MR) is 196 cm³/mol. The number of halogens is 16. The fourth-order valence-electron chi connectivity index (χ4n) is 10.8. The van der Waals surface area contributed by atoms with Gasteiger partial charge in [0.05, 0.1) is 0 Å². The molecule has 20 heteroatoms. The van der Waals surface area contributed by atoms with Crippen molar-refractivity contribution in [3.63, 3.8) is 0 Å². The molecule has 0 radical (unpaired) electrons. The van der Waals surface area contributed by atoms with Crippen LogP contribution in [0.1, 0.15) is 71.6 Å². The molecular weight excluding hydrogens is 888 g/mol. The number of nitrogens with one attached hydrogen (secondary N) is 4. The SMILES string of the molecule is Fc1cc(F)c(F)c(C2C3C=CC(N3)C(c3c(F)c(F)cc(F)c3F)C3CCC(N3)C(c3c(F)c(F)cc(F)c3F)C3C=CC(N3)C(c3c(F)c(F)cc(F)c3F)C3CCC2N3)c1F. The molecule has 0 saturated carbocycles. The van der Waals surface area contributed by atoms with Crippen molar-refractivity contribution < 1.29 is 70.2 Å². The van der Waals surface area contributed by atoms with Crippen molar-refractivity contribution in [1.29, 1.82) is 0 Å². The highest BCUT2D eigenvalue weighted by Crippen LogP contribution is 2.47. The molecule has 0 aliphatic carbocycles. The van der Waals surface area contributed by atoms with Crippen LogP contribution in [-0.4, -0.2) is 48.3 Å². The first-order chi connectivity index (χ1) is 30.4. The molecule has 5 aliphatic heterocycles. The van der Waals surface area contributed by atoms with Crippen LogP contribution in [0.5, 0.6) is 0 Å². The minimum absolute atomic E-state index is 0.0601. The maximum atomic E-state index is 15.9. The van der Waals surface area contributed by atoms with Gasteiger partial charge in [-0.1, -0.05) is 24.3 Å². The van der Waals surface area contributed by atoms with Gasteiger partial charge in [0.15, 0.2) is 93.1 Å². The highest BCUT2D eigenvalue weighted by atomic mass is 19.2. The third kappa shape index (κ3) is 7.09. The van der Waals surface area contributed by atoms with E-state index in [1.54, 1.807) is 0 Å². The zero-order chi connectivity index (χ0) is 45.8. The topological polar surface area (TPSA) is 48.1 Å². The Labute approximate surface area is 352 Å². The summed E-state index contributed by atoms with van der Waals surface area (Å²) in [6.45, 7) is 0. The van der Waals surface area contributed by atoms with E-state index >= 15 is 35.1 Å². The standard InChI is InChI=1S/C44H32F16N4/c45-13-9-14(46)38(54)33(37(13)53)29-21-1-2-22(61-21)30(34-39(55)15(47)10-16(48)40(34)56)24-5-6-26(63-24)32(36-43(59)19(51)12-20(52)44(36)60)28-8-7-27(64-28)31(25-4-3-23(29)62-25)35-41(57)17(49)11-18(50)42(35)58/h1-2,7-12,21-32,61-64H,3-6H2. The Morgan fingerprint density at radius 3 is 0.609 bits per heavy atom. The van der Waals surface area contributed by atoms with Gasteiger partial charge >= 0.3 is 0 Å². The number of fused-ring (bicyclic) bond motifs is 8. The van der Waals surface area contributed by atoms with Gasteiger partial charge in [0, 0.05) is 119 Å². The minimum Gasteiger partial charge on any atom is -0.310 e. The molecule has 0 aromatic heterocycles. The average molecular weight is 921 g/mol. The Hall–Kier alpha value is -4.92. The second-order valence-corrected chi connectivity index (χ2v) is 16.8. The van der Waals surface area contributed by atoms with E-state index in [1.807, 2.05) is 0 Å². The van der Waals surface area contributed by atoms with Crippen LogP contribution in [-0.2, 0) is 0 Å². The van der Waals surface area contributed by atoms with Gasteiger partial charge in [0.1, 0.15) is 0 Å². The van der Waals surface area contributed by atoms with Crippen molar-refractivity contribution in [2.24, 2.45) is 0 Å². The molecule has 9 rings (SSSR count). The van der Waals surface area contributed by atoms with Gasteiger partial charge in [-0.05, 0) is 25.7 Å². The van der Waals surface area contributed by atoms with Crippen molar-refractivity contribution in [3.05, 3.63) is 164 Å². The third-order valence-corrected chi connectivity index (χ3v) is 13.5. The van der Waals surface area contributed by atoms with Gasteiger partial charge in [-0.2, -0.15) is 0 Å². The average Bonchev–Trinajstić information content (AvgIpc) is 4.10. The molecule has 4 nitrogen and oxygen atoms in total. The van der Waals surface area contributed by atoms with E-state index in [2.05, 4.69) is 21.3 Å². The number of rotatable bonds is 4. The Morgan fingerprint density at radius 1 is 0.266 bits per heavy atom. The van der Waals surface area contributed by atoms with Gasteiger partial charge in [0.25, 0.3) is 0 Å². The smallest absolute Gasteiger partial charge is 0.165 e. The normalized spacial score (nSPS) is 31.1. The lowest BCUT2D eigenvalue weighted by Crippen LogP contribution is -2.53. The molecule has 340 valence electrons. The van der Waals surface area contributed by atoms with E-state index in [9.17, 15) is 35.1 Å². The summed E-state index contributed by atoms with van der Waals surface area (Å²) >= 11 is 0. The Bertz CT molecular complexity index is 2170. The Morgan fingerprint density at radius 2 is 0.438 bits per heavy atom. The molecule has 8 bridgehead atoms. The molecule has 3 saturated heterocycles. The van der Waals surface area contributed by atoms with Crippen LogP contribution in [0.4, 0.5) is 70.2 Å². The lowest BCUT2D eigenvalue weighted by Gasteiger charge is -2.38. The van der Waals surface area contributed by atoms with Crippen LogP contribution in [0.2, 0.25) is 0 Å². The molecule has 5 heterocycles. The first-order valence-electron chi connectivity index (χ1n) is 20.1. The molecule has 4 aromatic carbocycles. The summed E-state index contributed by atoms with van der Waals surface area (Å²) in [6.07, 6.45) is 3.77. The quantitative estimate of drug-likeness (QED) is 0.0938. The van der Waals surface area contributed by atoms with E-state index < -0.39 is 187 Å². The van der Waals surface area contributed by atoms with Gasteiger partial charge in [-0.3, -0.25) is 0 Å². The summed E-state index contributed by atoms with van der Waals surface area (Å²) < 4.78 is 247. The van der Waals surface area contributed by atoms with Crippen molar-refractivity contribution in [2.75, 3.05) is 0 Å². The predicted octanol–water partition coefficient (Wildman–Crippen LogP) is 9.40. The van der Waals surface area contributed by atoms with Gasteiger partial charge < -0.3 is 21.3 Å². The van der Waals surface area contributed by atoms with E-state index in [0.29, 0.717) is 0 Å². The molecule has 12 atom stereocenters. The third-order valence-electron chi connectivity index (χ3n) is 13.5. The summed E-state index contributed by atoms with van der Waals surface area (Å²) in [7, 11) is 0. The zero-order valence-electron chi connectivity index (χ0n) is 32.4. The van der Waals surface area contributed by atoms with Crippen LogP contribution in [0.25, 0.3) is 0 Å². The Balaban J connectivity index is 1.26. The van der Waals surface area contributed by atoms with Crippen LogP contribution >= 0.6 is 0 Å². The molecule has 4 N–H and O–H groups in total. The molecule has 0 spiro atoms. The molecule has 12 unspecified atom stereocenters. The molecule has 64 heavy (non-hydrogen) atoms. The highest BCUT2D eigenvalue weighted by Gasteiger charge is 2.51. The fourth-order valence-corrected chi connectivity index (χ4v) is 10.8. The largest absolute Gasteiger partial charge is 0.310 e. The molecular formula is C44H32F16N4. The van der Waals surface area contributed by atoms with Crippen molar-refractivity contribution in [2.45, 2.75) is 97.7 Å². The molecule has 0 amide bonds. The number of hydrogen-bond acceptors (Lipinski definition) is 4. The highest BCUT2D eigenvalue weighted by molar-refractivity contribution is 5.40. The second-order valence-electron chi connectivity index (χ2n) is 16.8. The summed E-state index contributed by atoms with van der Waals surface area (Å²) in [5.74, 6) is -36.7. The maximum absolute atomic E-state index is 15.9. The number of hydrogen-bond donors (Lipinski definition) is 4. The van der Waals surface area contributed by atoms with Gasteiger partial charge in [0.2, 0.25) is 0 Å². The summed E-state index contributed by atoms with van der Waals surface area (Å²) in [5, 5.41) is 11.7. The summed E-state index contributed by atoms with van der Waals surface area (Å²) in [4.78, 5) is 0. The van der Waals surface area contributed by atoms with E-state index in [1.165, 1.54) is 24.3 Å². The van der Waals surface area contributed by atoms with Crippen molar-refractivity contribution in [1.82, 2.24) is 21.3 Å². The molecule has 5 aliphatic rings. The molecule has 4 aromatic rings. The summed E-state index contributed by atoms with van der Waals surface area (Å²) in [6, 6.07) is -11.6. The van der Waals surface area contributed by atoms with Crippen LogP contribution in [0.3, 0.4) is 0 Å². The van der Waals surface area contributed by atoms with Gasteiger partial charge in [-0.25, -0.2) is 70.2 Å². The first-order valence-corrected chi connectivity index (χ1v) is 20.1. The Kier molecular flexibility index (Phi) is 11.4. The number of benzene rings is 4. The summed E-state index contributed by atoms with van der Waals surface area (Å²) in [5.41, 5.74) is -4.77. The van der Waals surface area contributed by atoms with Crippen LogP contribution in [0, 0.1) is 93.1 Å². The van der Waals surface area contributed by atoms with Gasteiger partial charge in [-0.15, -0.1) is 0 Å².